The first-order valence-electron chi connectivity index (χ1n) is 8.88. The molecule has 0 unspecified atom stereocenters. The maximum atomic E-state index is 12.5. The standard InChI is InChI=1S/C19H22ClN3O3S/c20-16-5-7-17(8-6-16)27(25,26)15-9-19(24)23-12-3-11-22(13-14-23)18-4-1-2-10-21-18/h1-2,4-8,10H,3,9,11-15H2. The Morgan fingerprint density at radius 3 is 2.52 bits per heavy atom. The van der Waals surface area contributed by atoms with Crippen LogP contribution < -0.4 is 4.90 Å². The van der Waals surface area contributed by atoms with Crippen LogP contribution in [0.5, 0.6) is 0 Å². The molecule has 0 spiro atoms. The molecule has 1 aliphatic heterocycles. The fourth-order valence-electron chi connectivity index (χ4n) is 3.08. The molecule has 2 aromatic rings. The van der Waals surface area contributed by atoms with Gasteiger partial charge in [-0.1, -0.05) is 17.7 Å². The number of carbonyl (C=O) groups is 1. The number of anilines is 1. The Morgan fingerprint density at radius 2 is 1.81 bits per heavy atom. The number of pyridine rings is 1. The number of hydrogen-bond donors (Lipinski definition) is 0. The van der Waals surface area contributed by atoms with Crippen LogP contribution in [0, 0.1) is 0 Å². The molecule has 2 heterocycles. The van der Waals surface area contributed by atoms with Crippen molar-refractivity contribution in [1.82, 2.24) is 9.88 Å². The molecule has 3 rings (SSSR count). The van der Waals surface area contributed by atoms with Gasteiger partial charge in [-0.3, -0.25) is 4.79 Å². The largest absolute Gasteiger partial charge is 0.355 e. The zero-order chi connectivity index (χ0) is 19.3. The summed E-state index contributed by atoms with van der Waals surface area (Å²) >= 11 is 5.80. The minimum atomic E-state index is -3.50. The molecule has 1 aromatic heterocycles. The van der Waals surface area contributed by atoms with Crippen molar-refractivity contribution in [3.63, 3.8) is 0 Å². The molecule has 6 nitrogen and oxygen atoms in total. The minimum Gasteiger partial charge on any atom is -0.355 e. The van der Waals surface area contributed by atoms with E-state index in [0.717, 1.165) is 18.8 Å². The average molecular weight is 408 g/mol. The van der Waals surface area contributed by atoms with Crippen LogP contribution in [-0.2, 0) is 14.6 Å². The average Bonchev–Trinajstić information content (AvgIpc) is 2.93. The molecule has 0 atom stereocenters. The van der Waals surface area contributed by atoms with Gasteiger partial charge in [-0.05, 0) is 42.8 Å². The first-order chi connectivity index (χ1) is 13.0. The monoisotopic (exact) mass is 407 g/mol. The zero-order valence-electron chi connectivity index (χ0n) is 14.9. The number of aromatic nitrogens is 1. The van der Waals surface area contributed by atoms with Gasteiger partial charge in [0.05, 0.1) is 10.6 Å². The van der Waals surface area contributed by atoms with Gasteiger partial charge < -0.3 is 9.80 Å². The van der Waals surface area contributed by atoms with Crippen LogP contribution >= 0.6 is 11.6 Å². The van der Waals surface area contributed by atoms with E-state index in [4.69, 9.17) is 11.6 Å². The number of amides is 1. The summed E-state index contributed by atoms with van der Waals surface area (Å²) in [7, 11) is -3.50. The summed E-state index contributed by atoms with van der Waals surface area (Å²) in [4.78, 5) is 21.0. The summed E-state index contributed by atoms with van der Waals surface area (Å²) in [5.74, 6) is 0.570. The van der Waals surface area contributed by atoms with Crippen molar-refractivity contribution < 1.29 is 13.2 Å². The molecular formula is C19H22ClN3O3S. The van der Waals surface area contributed by atoms with Crippen LogP contribution in [0.3, 0.4) is 0 Å². The molecule has 1 aliphatic rings. The molecular weight excluding hydrogens is 386 g/mol. The maximum absolute atomic E-state index is 12.5. The molecule has 0 N–H and O–H groups in total. The van der Waals surface area contributed by atoms with Gasteiger partial charge >= 0.3 is 0 Å². The van der Waals surface area contributed by atoms with Gasteiger partial charge in [0, 0.05) is 43.8 Å². The Morgan fingerprint density at radius 1 is 1.04 bits per heavy atom. The van der Waals surface area contributed by atoms with Crippen molar-refractivity contribution in [3.05, 3.63) is 53.7 Å². The van der Waals surface area contributed by atoms with Crippen molar-refractivity contribution in [1.29, 1.82) is 0 Å². The van der Waals surface area contributed by atoms with E-state index in [-0.39, 0.29) is 23.0 Å². The number of sulfone groups is 1. The molecule has 8 heteroatoms. The van der Waals surface area contributed by atoms with Crippen molar-refractivity contribution >= 4 is 33.2 Å². The van der Waals surface area contributed by atoms with Gasteiger partial charge in [0.15, 0.2) is 9.84 Å². The fourth-order valence-corrected chi connectivity index (χ4v) is 4.43. The summed E-state index contributed by atoms with van der Waals surface area (Å²) < 4.78 is 24.8. The van der Waals surface area contributed by atoms with Gasteiger partial charge in [-0.2, -0.15) is 0 Å². The van der Waals surface area contributed by atoms with Crippen LogP contribution in [-0.4, -0.2) is 56.1 Å². The lowest BCUT2D eigenvalue weighted by atomic mass is 10.3. The van der Waals surface area contributed by atoms with Gasteiger partial charge in [-0.15, -0.1) is 0 Å². The Kier molecular flexibility index (Phi) is 6.34. The highest BCUT2D eigenvalue weighted by Gasteiger charge is 2.22. The smallest absolute Gasteiger partial charge is 0.223 e. The van der Waals surface area contributed by atoms with Gasteiger partial charge in [-0.25, -0.2) is 13.4 Å². The lowest BCUT2D eigenvalue weighted by Crippen LogP contribution is -2.36. The lowest BCUT2D eigenvalue weighted by Gasteiger charge is -2.22. The van der Waals surface area contributed by atoms with Crippen LogP contribution in [0.25, 0.3) is 0 Å². The van der Waals surface area contributed by atoms with Crippen LogP contribution in [0.2, 0.25) is 5.02 Å². The van der Waals surface area contributed by atoms with E-state index < -0.39 is 9.84 Å². The second kappa shape index (κ2) is 8.71. The van der Waals surface area contributed by atoms with E-state index in [2.05, 4.69) is 9.88 Å². The summed E-state index contributed by atoms with van der Waals surface area (Å²) in [6.07, 6.45) is 2.56. The van der Waals surface area contributed by atoms with E-state index in [1.807, 2.05) is 18.2 Å². The van der Waals surface area contributed by atoms with Crippen LogP contribution in [0.4, 0.5) is 5.82 Å². The lowest BCUT2D eigenvalue weighted by molar-refractivity contribution is -0.130. The number of benzene rings is 1. The van der Waals surface area contributed by atoms with Crippen molar-refractivity contribution in [2.75, 3.05) is 36.8 Å². The second-order valence-electron chi connectivity index (χ2n) is 6.43. The second-order valence-corrected chi connectivity index (χ2v) is 8.98. The van der Waals surface area contributed by atoms with E-state index in [9.17, 15) is 13.2 Å². The van der Waals surface area contributed by atoms with Crippen molar-refractivity contribution in [2.24, 2.45) is 0 Å². The van der Waals surface area contributed by atoms with Crippen molar-refractivity contribution in [3.8, 4) is 0 Å². The Labute approximate surface area is 164 Å². The molecule has 0 bridgehead atoms. The Balaban J connectivity index is 1.56. The predicted octanol–water partition coefficient (Wildman–Crippen LogP) is 2.64. The van der Waals surface area contributed by atoms with E-state index in [1.165, 1.54) is 24.3 Å². The topological polar surface area (TPSA) is 70.6 Å². The molecule has 0 radical (unpaired) electrons. The third-order valence-electron chi connectivity index (χ3n) is 4.58. The molecule has 1 amide bonds. The first-order valence-corrected chi connectivity index (χ1v) is 10.9. The van der Waals surface area contributed by atoms with Crippen LogP contribution in [0.15, 0.2) is 53.6 Å². The molecule has 1 fully saturated rings. The molecule has 0 aliphatic carbocycles. The summed E-state index contributed by atoms with van der Waals surface area (Å²) in [5, 5.41) is 0.479. The molecule has 27 heavy (non-hydrogen) atoms. The summed E-state index contributed by atoms with van der Waals surface area (Å²) in [5.41, 5.74) is 0. The van der Waals surface area contributed by atoms with Gasteiger partial charge in [0.2, 0.25) is 5.91 Å². The fraction of sp³-hybridized carbons (Fsp3) is 0.368. The van der Waals surface area contributed by atoms with E-state index >= 15 is 0 Å². The first kappa shape index (κ1) is 19.6. The number of nitrogens with zero attached hydrogens (tertiary/aromatic N) is 3. The third-order valence-corrected chi connectivity index (χ3v) is 6.56. The predicted molar refractivity (Wildman–Crippen MR) is 106 cm³/mol. The zero-order valence-corrected chi connectivity index (χ0v) is 16.5. The van der Waals surface area contributed by atoms with E-state index in [0.29, 0.717) is 24.7 Å². The highest BCUT2D eigenvalue weighted by Crippen LogP contribution is 2.17. The molecule has 1 saturated heterocycles. The minimum absolute atomic E-state index is 0.0193. The summed E-state index contributed by atoms with van der Waals surface area (Å²) in [6.45, 7) is 2.70. The third kappa shape index (κ3) is 5.20. The summed E-state index contributed by atoms with van der Waals surface area (Å²) in [6, 6.07) is 11.8. The van der Waals surface area contributed by atoms with Crippen molar-refractivity contribution in [2.45, 2.75) is 17.7 Å². The Hall–Kier alpha value is -2.12. The van der Waals surface area contributed by atoms with Gasteiger partial charge in [0.1, 0.15) is 5.82 Å². The quantitative estimate of drug-likeness (QED) is 0.762. The number of carbonyl (C=O) groups excluding carboxylic acids is 1. The normalized spacial score (nSPS) is 15.4. The highest BCUT2D eigenvalue weighted by molar-refractivity contribution is 7.91. The molecule has 0 saturated carbocycles. The van der Waals surface area contributed by atoms with Gasteiger partial charge in [0.25, 0.3) is 0 Å². The number of halogens is 1. The van der Waals surface area contributed by atoms with Crippen LogP contribution in [0.1, 0.15) is 12.8 Å². The Bertz CT molecular complexity index is 873. The number of rotatable bonds is 5. The molecule has 144 valence electrons. The number of hydrogen-bond acceptors (Lipinski definition) is 5. The van der Waals surface area contributed by atoms with E-state index in [1.54, 1.807) is 11.1 Å². The maximum Gasteiger partial charge on any atom is 0.223 e. The highest BCUT2D eigenvalue weighted by atomic mass is 35.5. The SMILES string of the molecule is O=C(CCS(=O)(=O)c1ccc(Cl)cc1)N1CCCN(c2ccccn2)CC1. The molecule has 1 aromatic carbocycles.